The summed E-state index contributed by atoms with van der Waals surface area (Å²) in [5.41, 5.74) is 15.8. The molecule has 38 heavy (non-hydrogen) atoms. The topological polar surface area (TPSA) is 131 Å². The van der Waals surface area contributed by atoms with E-state index in [2.05, 4.69) is 100 Å². The predicted octanol–water partition coefficient (Wildman–Crippen LogP) is 5.52. The third kappa shape index (κ3) is 6.95. The van der Waals surface area contributed by atoms with Crippen LogP contribution >= 0.6 is 11.3 Å². The van der Waals surface area contributed by atoms with Gasteiger partial charge in [-0.25, -0.2) is 0 Å². The normalized spacial score (nSPS) is 13.2. The van der Waals surface area contributed by atoms with E-state index >= 15 is 0 Å². The van der Waals surface area contributed by atoms with Crippen molar-refractivity contribution in [2.24, 2.45) is 0 Å². The Morgan fingerprint density at radius 3 is 2.13 bits per heavy atom. The summed E-state index contributed by atoms with van der Waals surface area (Å²) in [6, 6.07) is 31.0. The molecule has 3 aromatic carbocycles. The van der Waals surface area contributed by atoms with Gasteiger partial charge in [0.05, 0.1) is 24.9 Å². The molecule has 196 valence electrons. The second kappa shape index (κ2) is 12.5. The molecule has 5 rings (SSSR count). The molecule has 10 heteroatoms. The van der Waals surface area contributed by atoms with E-state index in [1.807, 2.05) is 12.1 Å². The Bertz CT molecular complexity index is 1290. The summed E-state index contributed by atoms with van der Waals surface area (Å²) < 4.78 is 6.41. The molecule has 1 unspecified atom stereocenters. The quantitative estimate of drug-likeness (QED) is 0.154. The lowest BCUT2D eigenvalue weighted by molar-refractivity contribution is -0.742. The van der Waals surface area contributed by atoms with E-state index in [9.17, 15) is 0 Å². The maximum atomic E-state index is 8.36. The van der Waals surface area contributed by atoms with Crippen LogP contribution in [0, 0.1) is 10.1 Å². The van der Waals surface area contributed by atoms with E-state index in [1.54, 1.807) is 17.4 Å². The number of nitrogen functional groups attached to an aromatic ring is 2. The number of ether oxygens (including phenoxy) is 1. The number of hydrogen-bond donors (Lipinski definition) is 3. The van der Waals surface area contributed by atoms with Gasteiger partial charge < -0.3 is 31.2 Å². The zero-order valence-corrected chi connectivity index (χ0v) is 21.4. The molecule has 0 spiro atoms. The first-order valence-electron chi connectivity index (χ1n) is 11.9. The van der Waals surface area contributed by atoms with Crippen LogP contribution < -0.4 is 16.2 Å². The van der Waals surface area contributed by atoms with E-state index in [1.165, 1.54) is 11.1 Å². The van der Waals surface area contributed by atoms with E-state index < -0.39 is 5.09 Å². The van der Waals surface area contributed by atoms with Crippen LogP contribution in [0.15, 0.2) is 109 Å². The van der Waals surface area contributed by atoms with Gasteiger partial charge in [0.25, 0.3) is 5.09 Å². The van der Waals surface area contributed by atoms with Gasteiger partial charge in [0, 0.05) is 23.0 Å². The van der Waals surface area contributed by atoms with Crippen molar-refractivity contribution in [1.82, 2.24) is 9.80 Å². The summed E-state index contributed by atoms with van der Waals surface area (Å²) >= 11 is 1.69. The minimum absolute atomic E-state index is 0.137. The van der Waals surface area contributed by atoms with Crippen LogP contribution in [0.5, 0.6) is 5.75 Å². The number of hydrogen-bond acceptors (Lipinski definition) is 8. The number of benzene rings is 3. The molecule has 0 saturated heterocycles. The summed E-state index contributed by atoms with van der Waals surface area (Å²) in [6.45, 7) is 1.46. The van der Waals surface area contributed by atoms with Crippen LogP contribution in [0.4, 0.5) is 11.4 Å². The van der Waals surface area contributed by atoms with Gasteiger partial charge in [0.1, 0.15) is 5.75 Å². The number of nitrogens with two attached hydrogens (primary N) is 2. The van der Waals surface area contributed by atoms with Crippen molar-refractivity contribution in [3.05, 3.63) is 135 Å². The molecular weight excluding hydrogens is 502 g/mol. The van der Waals surface area contributed by atoms with Gasteiger partial charge in [-0.2, -0.15) is 0 Å². The number of thiophene rings is 1. The highest BCUT2D eigenvalue weighted by molar-refractivity contribution is 7.10. The summed E-state index contributed by atoms with van der Waals surface area (Å²) in [4.78, 5) is 14.2. The fraction of sp³-hybridized carbons (Fsp3) is 0.143. The highest BCUT2D eigenvalue weighted by atomic mass is 32.1. The lowest BCUT2D eigenvalue weighted by atomic mass is 9.98. The van der Waals surface area contributed by atoms with Crippen LogP contribution in [0.2, 0.25) is 0 Å². The number of rotatable bonds is 8. The standard InChI is InChI=1S/C28H28N4OS.HNO3/c29-23-13-14-25(24(30)18-23)33-26(27-12-7-17-34-27)19-31-15-16-32(20-31)28(21-8-3-1-4-9-21)22-10-5-2-6-11-22;2-1(3)4/h1-18,26,28H,19-20,29-30H2;(H,2,3,4). The minimum Gasteiger partial charge on any atom is -0.481 e. The third-order valence-electron chi connectivity index (χ3n) is 5.94. The van der Waals surface area contributed by atoms with Crippen LogP contribution in [0.1, 0.15) is 28.1 Å². The highest BCUT2D eigenvalue weighted by Gasteiger charge is 2.27. The lowest BCUT2D eigenvalue weighted by Crippen LogP contribution is -2.32. The molecule has 0 bridgehead atoms. The SMILES string of the molecule is Nc1ccc(OC(CN2C=CN(C(c3ccccc3)c3ccccc3)C2)c2cccs2)c(N)c1.O=[N+]([O-])O. The Hall–Kier alpha value is -4.70. The summed E-state index contributed by atoms with van der Waals surface area (Å²) in [6.07, 6.45) is 4.17. The van der Waals surface area contributed by atoms with Crippen molar-refractivity contribution in [3.8, 4) is 5.75 Å². The molecule has 1 aromatic heterocycles. The zero-order chi connectivity index (χ0) is 26.9. The molecule has 0 amide bonds. The molecule has 0 saturated carbocycles. The molecule has 2 heterocycles. The summed E-state index contributed by atoms with van der Waals surface area (Å²) in [7, 11) is 0. The molecule has 1 aliphatic heterocycles. The largest absolute Gasteiger partial charge is 0.481 e. The van der Waals surface area contributed by atoms with Crippen molar-refractivity contribution in [2.75, 3.05) is 24.7 Å². The second-order valence-electron chi connectivity index (χ2n) is 8.61. The average Bonchev–Trinajstić information content (AvgIpc) is 3.59. The van der Waals surface area contributed by atoms with Gasteiger partial charge in [0.15, 0.2) is 6.10 Å². The number of anilines is 2. The van der Waals surface area contributed by atoms with E-state index in [4.69, 9.17) is 31.5 Å². The first kappa shape index (κ1) is 26.4. The van der Waals surface area contributed by atoms with Crippen LogP contribution in [-0.4, -0.2) is 33.3 Å². The summed E-state index contributed by atoms with van der Waals surface area (Å²) in [5, 5.41) is 15.7. The second-order valence-corrected chi connectivity index (χ2v) is 9.59. The van der Waals surface area contributed by atoms with Crippen molar-refractivity contribution in [3.63, 3.8) is 0 Å². The van der Waals surface area contributed by atoms with E-state index in [0.29, 0.717) is 23.7 Å². The van der Waals surface area contributed by atoms with Crippen molar-refractivity contribution >= 4 is 22.7 Å². The summed E-state index contributed by atoms with van der Waals surface area (Å²) in [5.74, 6) is 0.652. The fourth-order valence-electron chi connectivity index (χ4n) is 4.32. The van der Waals surface area contributed by atoms with Gasteiger partial charge in [-0.3, -0.25) is 0 Å². The van der Waals surface area contributed by atoms with Crippen molar-refractivity contribution in [2.45, 2.75) is 12.1 Å². The van der Waals surface area contributed by atoms with Gasteiger partial charge in [-0.1, -0.05) is 66.7 Å². The molecular formula is C28H29N5O4S. The monoisotopic (exact) mass is 531 g/mol. The van der Waals surface area contributed by atoms with Crippen molar-refractivity contribution < 1.29 is 15.0 Å². The average molecular weight is 532 g/mol. The Morgan fingerprint density at radius 1 is 0.947 bits per heavy atom. The van der Waals surface area contributed by atoms with Gasteiger partial charge in [0.2, 0.25) is 0 Å². The highest BCUT2D eigenvalue weighted by Crippen LogP contribution is 2.34. The van der Waals surface area contributed by atoms with Gasteiger partial charge >= 0.3 is 0 Å². The molecule has 0 aliphatic carbocycles. The Labute approximate surface area is 224 Å². The van der Waals surface area contributed by atoms with Crippen molar-refractivity contribution in [1.29, 1.82) is 0 Å². The smallest absolute Gasteiger partial charge is 0.291 e. The molecule has 0 fully saturated rings. The molecule has 1 atom stereocenters. The van der Waals surface area contributed by atoms with Crippen LogP contribution in [-0.2, 0) is 0 Å². The third-order valence-corrected chi connectivity index (χ3v) is 6.90. The van der Waals surface area contributed by atoms with Crippen LogP contribution in [0.25, 0.3) is 0 Å². The van der Waals surface area contributed by atoms with Gasteiger partial charge in [-0.15, -0.1) is 21.5 Å². The first-order chi connectivity index (χ1) is 18.4. The minimum atomic E-state index is -1.50. The maximum Gasteiger partial charge on any atom is 0.291 e. The fourth-order valence-corrected chi connectivity index (χ4v) is 5.06. The van der Waals surface area contributed by atoms with Gasteiger partial charge in [-0.05, 0) is 40.8 Å². The number of nitrogens with zero attached hydrogens (tertiary/aromatic N) is 3. The Morgan fingerprint density at radius 2 is 1.58 bits per heavy atom. The lowest BCUT2D eigenvalue weighted by Gasteiger charge is -2.32. The Kier molecular flexibility index (Phi) is 8.68. The van der Waals surface area contributed by atoms with Crippen LogP contribution in [0.3, 0.4) is 0 Å². The molecule has 9 nitrogen and oxygen atoms in total. The molecule has 0 radical (unpaired) electrons. The molecule has 1 aliphatic rings. The van der Waals surface area contributed by atoms with E-state index in [0.717, 1.165) is 11.5 Å². The Balaban J connectivity index is 0.000000786. The zero-order valence-electron chi connectivity index (χ0n) is 20.5. The van der Waals surface area contributed by atoms with E-state index in [-0.39, 0.29) is 12.1 Å². The molecule has 4 aromatic rings. The maximum absolute atomic E-state index is 8.36. The predicted molar refractivity (Wildman–Crippen MR) is 149 cm³/mol. The molecule has 5 N–H and O–H groups in total. The first-order valence-corrected chi connectivity index (χ1v) is 12.7.